The second-order valence-electron chi connectivity index (χ2n) is 5.58. The van der Waals surface area contributed by atoms with Crippen molar-refractivity contribution in [3.05, 3.63) is 35.5 Å². The van der Waals surface area contributed by atoms with Crippen LogP contribution < -0.4 is 0 Å². The average molecular weight is 272 g/mol. The normalized spacial score (nSPS) is 16.2. The molecular formula is C16H20N2O2. The summed E-state index contributed by atoms with van der Waals surface area (Å²) in [5.41, 5.74) is 3.65. The van der Waals surface area contributed by atoms with E-state index in [1.54, 1.807) is 6.92 Å². The van der Waals surface area contributed by atoms with Gasteiger partial charge >= 0.3 is 0 Å². The summed E-state index contributed by atoms with van der Waals surface area (Å²) in [5.74, 6) is 0.141. The number of carbonyl (C=O) groups is 1. The van der Waals surface area contributed by atoms with Crippen LogP contribution in [0, 0.1) is 0 Å². The van der Waals surface area contributed by atoms with Gasteiger partial charge in [0.1, 0.15) is 0 Å². The van der Waals surface area contributed by atoms with Gasteiger partial charge in [-0.25, -0.2) is 0 Å². The molecule has 4 heteroatoms. The third-order valence-corrected chi connectivity index (χ3v) is 4.01. The van der Waals surface area contributed by atoms with Crippen molar-refractivity contribution < 1.29 is 9.90 Å². The summed E-state index contributed by atoms with van der Waals surface area (Å²) >= 11 is 0. The van der Waals surface area contributed by atoms with Gasteiger partial charge in [0.15, 0.2) is 0 Å². The van der Waals surface area contributed by atoms with Gasteiger partial charge in [-0.05, 0) is 19.4 Å². The van der Waals surface area contributed by atoms with Crippen molar-refractivity contribution in [1.82, 2.24) is 9.88 Å². The summed E-state index contributed by atoms with van der Waals surface area (Å²) in [5, 5.41) is 10.5. The first kappa shape index (κ1) is 13.2. The number of H-pyrrole nitrogens is 1. The number of carbonyl (C=O) groups excluding carboxylic acids is 1. The fourth-order valence-electron chi connectivity index (χ4n) is 2.87. The summed E-state index contributed by atoms with van der Waals surface area (Å²) in [6, 6.07) is 8.24. The highest BCUT2D eigenvalue weighted by Crippen LogP contribution is 2.27. The van der Waals surface area contributed by atoms with Gasteiger partial charge in [0, 0.05) is 48.1 Å². The zero-order valence-electron chi connectivity index (χ0n) is 11.7. The molecule has 0 fully saturated rings. The molecule has 0 spiro atoms. The molecule has 2 aromatic rings. The highest BCUT2D eigenvalue weighted by molar-refractivity contribution is 5.86. The molecule has 0 radical (unpaired) electrons. The van der Waals surface area contributed by atoms with E-state index in [0.29, 0.717) is 19.4 Å². The van der Waals surface area contributed by atoms with E-state index in [-0.39, 0.29) is 5.91 Å². The molecule has 3 rings (SSSR count). The van der Waals surface area contributed by atoms with Crippen LogP contribution in [0.2, 0.25) is 0 Å². The van der Waals surface area contributed by atoms with Gasteiger partial charge < -0.3 is 15.0 Å². The van der Waals surface area contributed by atoms with Crippen molar-refractivity contribution in [2.75, 3.05) is 6.54 Å². The van der Waals surface area contributed by atoms with Crippen LogP contribution in [0.3, 0.4) is 0 Å². The van der Waals surface area contributed by atoms with E-state index in [9.17, 15) is 9.90 Å². The van der Waals surface area contributed by atoms with E-state index in [2.05, 4.69) is 17.1 Å². The number of nitrogens with one attached hydrogen (secondary N) is 1. The molecule has 0 bridgehead atoms. The SMILES string of the molecule is CC(O)CCC(=O)N1CCc2[nH]c3ccccc3c2C1. The number of amides is 1. The van der Waals surface area contributed by atoms with E-state index < -0.39 is 6.10 Å². The molecule has 1 aliphatic rings. The lowest BCUT2D eigenvalue weighted by molar-refractivity contribution is -0.132. The molecule has 0 aliphatic carbocycles. The number of nitrogens with zero attached hydrogens (tertiary/aromatic N) is 1. The van der Waals surface area contributed by atoms with Gasteiger partial charge in [-0.15, -0.1) is 0 Å². The molecule has 1 aliphatic heterocycles. The Balaban J connectivity index is 1.79. The summed E-state index contributed by atoms with van der Waals surface area (Å²) in [6.07, 6.45) is 1.43. The number of aliphatic hydroxyl groups excluding tert-OH is 1. The molecule has 1 aromatic heterocycles. The lowest BCUT2D eigenvalue weighted by Gasteiger charge is -2.27. The van der Waals surface area contributed by atoms with Crippen LogP contribution in [0.25, 0.3) is 10.9 Å². The number of hydrogen-bond acceptors (Lipinski definition) is 2. The molecule has 4 nitrogen and oxygen atoms in total. The van der Waals surface area contributed by atoms with Gasteiger partial charge in [0.05, 0.1) is 6.10 Å². The number of para-hydroxylation sites is 1. The predicted octanol–water partition coefficient (Wildman–Crippen LogP) is 2.21. The maximum absolute atomic E-state index is 12.2. The number of aromatic nitrogens is 1. The smallest absolute Gasteiger partial charge is 0.222 e. The van der Waals surface area contributed by atoms with Crippen LogP contribution in [-0.4, -0.2) is 33.5 Å². The van der Waals surface area contributed by atoms with Gasteiger partial charge in [-0.3, -0.25) is 4.79 Å². The molecule has 2 heterocycles. The molecule has 1 atom stereocenters. The highest BCUT2D eigenvalue weighted by atomic mass is 16.3. The van der Waals surface area contributed by atoms with Crippen molar-refractivity contribution in [2.45, 2.75) is 38.8 Å². The van der Waals surface area contributed by atoms with Gasteiger partial charge in [0.25, 0.3) is 0 Å². The summed E-state index contributed by atoms with van der Waals surface area (Å²) in [4.78, 5) is 17.5. The minimum absolute atomic E-state index is 0.141. The monoisotopic (exact) mass is 272 g/mol. The van der Waals surface area contributed by atoms with E-state index >= 15 is 0 Å². The van der Waals surface area contributed by atoms with E-state index in [0.717, 1.165) is 18.5 Å². The maximum atomic E-state index is 12.2. The number of aromatic amines is 1. The maximum Gasteiger partial charge on any atom is 0.222 e. The second-order valence-corrected chi connectivity index (χ2v) is 5.58. The molecule has 1 aromatic carbocycles. The minimum Gasteiger partial charge on any atom is -0.393 e. The Kier molecular flexibility index (Phi) is 3.49. The Labute approximate surface area is 118 Å². The van der Waals surface area contributed by atoms with Gasteiger partial charge in [-0.2, -0.15) is 0 Å². The first-order chi connectivity index (χ1) is 9.65. The predicted molar refractivity (Wildman–Crippen MR) is 78.3 cm³/mol. The zero-order chi connectivity index (χ0) is 14.1. The Hall–Kier alpha value is -1.81. The number of benzene rings is 1. The third kappa shape index (κ3) is 2.43. The van der Waals surface area contributed by atoms with E-state index in [1.165, 1.54) is 16.6 Å². The van der Waals surface area contributed by atoms with Crippen molar-refractivity contribution in [1.29, 1.82) is 0 Å². The average Bonchev–Trinajstić information content (AvgIpc) is 2.82. The fourth-order valence-corrected chi connectivity index (χ4v) is 2.87. The molecule has 20 heavy (non-hydrogen) atoms. The minimum atomic E-state index is -0.410. The van der Waals surface area contributed by atoms with Gasteiger partial charge in [-0.1, -0.05) is 18.2 Å². The van der Waals surface area contributed by atoms with Crippen molar-refractivity contribution >= 4 is 16.8 Å². The first-order valence-electron chi connectivity index (χ1n) is 7.19. The van der Waals surface area contributed by atoms with Crippen molar-refractivity contribution in [2.24, 2.45) is 0 Å². The molecule has 1 unspecified atom stereocenters. The topological polar surface area (TPSA) is 56.3 Å². The highest BCUT2D eigenvalue weighted by Gasteiger charge is 2.23. The van der Waals surface area contributed by atoms with Crippen LogP contribution in [0.15, 0.2) is 24.3 Å². The van der Waals surface area contributed by atoms with Crippen molar-refractivity contribution in [3.8, 4) is 0 Å². The lowest BCUT2D eigenvalue weighted by atomic mass is 10.0. The fraction of sp³-hybridized carbons (Fsp3) is 0.438. The second kappa shape index (κ2) is 5.29. The van der Waals surface area contributed by atoms with E-state index in [1.807, 2.05) is 17.0 Å². The summed E-state index contributed by atoms with van der Waals surface area (Å²) in [6.45, 7) is 3.16. The van der Waals surface area contributed by atoms with E-state index in [4.69, 9.17) is 0 Å². The standard InChI is InChI=1S/C16H20N2O2/c1-11(19)6-7-16(20)18-9-8-15-13(10-18)12-4-2-3-5-14(12)17-15/h2-5,11,17,19H,6-10H2,1H3. The van der Waals surface area contributed by atoms with Gasteiger partial charge in [0.2, 0.25) is 5.91 Å². The van der Waals surface area contributed by atoms with Crippen molar-refractivity contribution in [3.63, 3.8) is 0 Å². The van der Waals surface area contributed by atoms with Crippen LogP contribution in [-0.2, 0) is 17.8 Å². The first-order valence-corrected chi connectivity index (χ1v) is 7.19. The summed E-state index contributed by atoms with van der Waals surface area (Å²) < 4.78 is 0. The van der Waals surface area contributed by atoms with Crippen LogP contribution in [0.5, 0.6) is 0 Å². The van der Waals surface area contributed by atoms with Crippen LogP contribution >= 0.6 is 0 Å². The van der Waals surface area contributed by atoms with Crippen LogP contribution in [0.1, 0.15) is 31.0 Å². The largest absolute Gasteiger partial charge is 0.393 e. The molecule has 1 amide bonds. The number of aliphatic hydroxyl groups is 1. The number of hydrogen-bond donors (Lipinski definition) is 2. The number of rotatable bonds is 3. The Morgan fingerprint density at radius 1 is 1.45 bits per heavy atom. The Bertz CT molecular complexity index is 630. The molecule has 2 N–H and O–H groups in total. The number of fused-ring (bicyclic) bond motifs is 3. The Morgan fingerprint density at radius 2 is 2.25 bits per heavy atom. The third-order valence-electron chi connectivity index (χ3n) is 4.01. The molecule has 0 saturated carbocycles. The zero-order valence-corrected chi connectivity index (χ0v) is 11.7. The Morgan fingerprint density at radius 3 is 3.05 bits per heavy atom. The summed E-state index contributed by atoms with van der Waals surface area (Å²) in [7, 11) is 0. The molecule has 0 saturated heterocycles. The quantitative estimate of drug-likeness (QED) is 0.900. The lowest BCUT2D eigenvalue weighted by Crippen LogP contribution is -2.36. The molecule has 106 valence electrons. The molecular weight excluding hydrogens is 252 g/mol. The van der Waals surface area contributed by atoms with Crippen LogP contribution in [0.4, 0.5) is 0 Å².